The Morgan fingerprint density at radius 2 is 1.86 bits per heavy atom. The molecule has 0 aliphatic carbocycles. The van der Waals surface area contributed by atoms with E-state index in [0.29, 0.717) is 9.95 Å². The fourth-order valence-electron chi connectivity index (χ4n) is 1.89. The van der Waals surface area contributed by atoms with E-state index in [-0.39, 0.29) is 16.5 Å². The second-order valence-corrected chi connectivity index (χ2v) is 5.77. The molecule has 0 radical (unpaired) electrons. The average molecular weight is 318 g/mol. The molecule has 1 amide bonds. The SMILES string of the molecule is O=C1N=C(c2ccccc2)S/C1=C/c1c(F)cccc1Cl. The highest BCUT2D eigenvalue weighted by Crippen LogP contribution is 2.33. The summed E-state index contributed by atoms with van der Waals surface area (Å²) in [6.07, 6.45) is 1.45. The van der Waals surface area contributed by atoms with E-state index in [0.717, 1.165) is 5.56 Å². The highest BCUT2D eigenvalue weighted by Gasteiger charge is 2.23. The Morgan fingerprint density at radius 3 is 2.57 bits per heavy atom. The molecule has 21 heavy (non-hydrogen) atoms. The molecule has 1 aliphatic heterocycles. The monoisotopic (exact) mass is 317 g/mol. The van der Waals surface area contributed by atoms with Crippen LogP contribution >= 0.6 is 23.4 Å². The smallest absolute Gasteiger partial charge is 0.266 e. The summed E-state index contributed by atoms with van der Waals surface area (Å²) in [5.41, 5.74) is 1.07. The lowest BCUT2D eigenvalue weighted by Gasteiger charge is -2.01. The normalized spacial score (nSPS) is 16.4. The molecule has 1 aliphatic rings. The summed E-state index contributed by atoms with van der Waals surface area (Å²) in [6, 6.07) is 13.8. The van der Waals surface area contributed by atoms with Gasteiger partial charge in [-0.15, -0.1) is 0 Å². The first-order valence-electron chi connectivity index (χ1n) is 6.17. The Bertz CT molecular complexity index is 751. The molecular weight excluding hydrogens is 309 g/mol. The molecular formula is C16H9ClFNOS. The van der Waals surface area contributed by atoms with Crippen LogP contribution in [0.3, 0.4) is 0 Å². The molecule has 0 saturated carbocycles. The van der Waals surface area contributed by atoms with Crippen LogP contribution in [0.1, 0.15) is 11.1 Å². The Kier molecular flexibility index (Phi) is 3.90. The molecule has 0 bridgehead atoms. The number of nitrogens with zero attached hydrogens (tertiary/aromatic N) is 1. The van der Waals surface area contributed by atoms with Gasteiger partial charge in [-0.2, -0.15) is 0 Å². The van der Waals surface area contributed by atoms with Crippen LogP contribution in [0.25, 0.3) is 6.08 Å². The molecule has 3 rings (SSSR count). The molecule has 0 fully saturated rings. The maximum atomic E-state index is 13.8. The van der Waals surface area contributed by atoms with Crippen molar-refractivity contribution in [1.82, 2.24) is 0 Å². The second-order valence-electron chi connectivity index (χ2n) is 4.33. The summed E-state index contributed by atoms with van der Waals surface area (Å²) in [4.78, 5) is 16.3. The number of thioether (sulfide) groups is 1. The van der Waals surface area contributed by atoms with Gasteiger partial charge in [0.25, 0.3) is 5.91 Å². The maximum absolute atomic E-state index is 13.8. The minimum absolute atomic E-state index is 0.208. The largest absolute Gasteiger partial charge is 0.284 e. The number of carbonyl (C=O) groups is 1. The third-order valence-electron chi connectivity index (χ3n) is 2.92. The molecule has 0 N–H and O–H groups in total. The molecule has 1 heterocycles. The number of amides is 1. The Labute approximate surface area is 130 Å². The van der Waals surface area contributed by atoms with Crippen LogP contribution in [-0.4, -0.2) is 11.0 Å². The molecule has 2 nitrogen and oxygen atoms in total. The molecule has 0 saturated heterocycles. The summed E-state index contributed by atoms with van der Waals surface area (Å²) >= 11 is 7.19. The lowest BCUT2D eigenvalue weighted by atomic mass is 10.2. The van der Waals surface area contributed by atoms with Gasteiger partial charge < -0.3 is 0 Å². The number of carbonyl (C=O) groups excluding carboxylic acids is 1. The zero-order chi connectivity index (χ0) is 14.8. The zero-order valence-corrected chi connectivity index (χ0v) is 12.3. The molecule has 5 heteroatoms. The van der Waals surface area contributed by atoms with E-state index in [4.69, 9.17) is 11.6 Å². The molecule has 0 atom stereocenters. The fourth-order valence-corrected chi connectivity index (χ4v) is 3.01. The van der Waals surface area contributed by atoms with Gasteiger partial charge in [0.05, 0.1) is 9.93 Å². The summed E-state index contributed by atoms with van der Waals surface area (Å²) in [5, 5.41) is 0.878. The van der Waals surface area contributed by atoms with Crippen molar-refractivity contribution in [3.63, 3.8) is 0 Å². The first-order valence-corrected chi connectivity index (χ1v) is 7.36. The minimum atomic E-state index is -0.462. The van der Waals surface area contributed by atoms with Gasteiger partial charge in [0.2, 0.25) is 0 Å². The van der Waals surface area contributed by atoms with Crippen molar-refractivity contribution in [1.29, 1.82) is 0 Å². The molecule has 0 spiro atoms. The van der Waals surface area contributed by atoms with Crippen LogP contribution in [-0.2, 0) is 4.79 Å². The minimum Gasteiger partial charge on any atom is -0.266 e. The number of rotatable bonds is 2. The van der Waals surface area contributed by atoms with E-state index in [1.54, 1.807) is 6.07 Å². The van der Waals surface area contributed by atoms with Crippen molar-refractivity contribution >= 4 is 40.4 Å². The highest BCUT2D eigenvalue weighted by atomic mass is 35.5. The van der Waals surface area contributed by atoms with Crippen molar-refractivity contribution < 1.29 is 9.18 Å². The third kappa shape index (κ3) is 2.91. The van der Waals surface area contributed by atoms with Gasteiger partial charge in [0.15, 0.2) is 0 Å². The highest BCUT2D eigenvalue weighted by molar-refractivity contribution is 8.19. The standard InChI is InChI=1S/C16H9ClFNOS/c17-12-7-4-8-13(18)11(12)9-14-15(20)19-16(21-14)10-5-2-1-3-6-10/h1-9H/b14-9+. The van der Waals surface area contributed by atoms with Gasteiger partial charge in [0, 0.05) is 11.1 Å². The van der Waals surface area contributed by atoms with E-state index in [1.807, 2.05) is 30.3 Å². The molecule has 2 aromatic carbocycles. The fraction of sp³-hybridized carbons (Fsp3) is 0. The van der Waals surface area contributed by atoms with Crippen molar-refractivity contribution in [2.45, 2.75) is 0 Å². The summed E-state index contributed by atoms with van der Waals surface area (Å²) < 4.78 is 13.8. The Morgan fingerprint density at radius 1 is 1.10 bits per heavy atom. The van der Waals surface area contributed by atoms with E-state index in [1.165, 1.54) is 30.0 Å². The lowest BCUT2D eigenvalue weighted by Crippen LogP contribution is -1.90. The Hall–Kier alpha value is -1.91. The van der Waals surface area contributed by atoms with E-state index < -0.39 is 5.82 Å². The topological polar surface area (TPSA) is 29.4 Å². The van der Waals surface area contributed by atoms with Crippen molar-refractivity contribution in [2.75, 3.05) is 0 Å². The van der Waals surface area contributed by atoms with Crippen LogP contribution in [0.4, 0.5) is 4.39 Å². The first kappa shape index (κ1) is 14.0. The number of aliphatic imine (C=N–C) groups is 1. The number of hydrogen-bond donors (Lipinski definition) is 0. The lowest BCUT2D eigenvalue weighted by molar-refractivity contribution is -0.113. The van der Waals surface area contributed by atoms with Gasteiger partial charge in [-0.1, -0.05) is 59.8 Å². The second kappa shape index (κ2) is 5.84. The molecule has 104 valence electrons. The van der Waals surface area contributed by atoms with Gasteiger partial charge in [-0.25, -0.2) is 9.38 Å². The summed E-state index contributed by atoms with van der Waals surface area (Å²) in [7, 11) is 0. The van der Waals surface area contributed by atoms with Gasteiger partial charge in [-0.05, 0) is 18.2 Å². The predicted molar refractivity (Wildman–Crippen MR) is 85.0 cm³/mol. The average Bonchev–Trinajstić information content (AvgIpc) is 2.85. The zero-order valence-electron chi connectivity index (χ0n) is 10.7. The van der Waals surface area contributed by atoms with Crippen molar-refractivity contribution in [3.8, 4) is 0 Å². The summed E-state index contributed by atoms with van der Waals surface area (Å²) in [6.45, 7) is 0. The number of benzene rings is 2. The maximum Gasteiger partial charge on any atom is 0.284 e. The Balaban J connectivity index is 1.93. The quantitative estimate of drug-likeness (QED) is 0.761. The van der Waals surface area contributed by atoms with Crippen LogP contribution in [0.2, 0.25) is 5.02 Å². The van der Waals surface area contributed by atoms with E-state index >= 15 is 0 Å². The number of hydrogen-bond acceptors (Lipinski definition) is 2. The van der Waals surface area contributed by atoms with E-state index in [2.05, 4.69) is 4.99 Å². The van der Waals surface area contributed by atoms with Gasteiger partial charge in [-0.3, -0.25) is 4.79 Å². The van der Waals surface area contributed by atoms with Gasteiger partial charge >= 0.3 is 0 Å². The van der Waals surface area contributed by atoms with Crippen LogP contribution in [0.5, 0.6) is 0 Å². The van der Waals surface area contributed by atoms with Crippen LogP contribution in [0, 0.1) is 5.82 Å². The first-order chi connectivity index (χ1) is 10.1. The molecule has 0 aromatic heterocycles. The summed E-state index contributed by atoms with van der Waals surface area (Å²) in [5.74, 6) is -0.838. The molecule has 0 unspecified atom stereocenters. The van der Waals surface area contributed by atoms with Gasteiger partial charge in [0.1, 0.15) is 10.9 Å². The van der Waals surface area contributed by atoms with Crippen molar-refractivity contribution in [2.24, 2.45) is 4.99 Å². The predicted octanol–water partition coefficient (Wildman–Crippen LogP) is 4.54. The van der Waals surface area contributed by atoms with Crippen molar-refractivity contribution in [3.05, 3.63) is 75.4 Å². The third-order valence-corrected chi connectivity index (χ3v) is 4.28. The van der Waals surface area contributed by atoms with Crippen LogP contribution < -0.4 is 0 Å². The van der Waals surface area contributed by atoms with Crippen LogP contribution in [0.15, 0.2) is 58.4 Å². The number of halogens is 2. The molecule has 2 aromatic rings. The van der Waals surface area contributed by atoms with E-state index in [9.17, 15) is 9.18 Å².